The van der Waals surface area contributed by atoms with Gasteiger partial charge < -0.3 is 10.6 Å². The molecule has 1 aromatic carbocycles. The van der Waals surface area contributed by atoms with Crippen molar-refractivity contribution in [2.24, 2.45) is 5.92 Å². The zero-order chi connectivity index (χ0) is 22.7. The lowest BCUT2D eigenvalue weighted by Crippen LogP contribution is -2.50. The molecule has 1 saturated heterocycles. The molecule has 7 heteroatoms. The zero-order valence-corrected chi connectivity index (χ0v) is 19.5. The summed E-state index contributed by atoms with van der Waals surface area (Å²) in [6, 6.07) is 11.4. The molecule has 1 aliphatic carbocycles. The van der Waals surface area contributed by atoms with Gasteiger partial charge in [0.1, 0.15) is 12.1 Å². The third kappa shape index (κ3) is 4.58. The van der Waals surface area contributed by atoms with Crippen LogP contribution in [0.25, 0.3) is 0 Å². The van der Waals surface area contributed by atoms with Gasteiger partial charge in [-0.1, -0.05) is 50.6 Å². The molecular formula is C25H31N3O3S. The Bertz CT molecular complexity index is 963. The second-order valence-electron chi connectivity index (χ2n) is 9.09. The summed E-state index contributed by atoms with van der Waals surface area (Å²) in [4.78, 5) is 40.7. The highest BCUT2D eigenvalue weighted by atomic mass is 32.1. The van der Waals surface area contributed by atoms with Crippen molar-refractivity contribution >= 4 is 29.2 Å². The summed E-state index contributed by atoms with van der Waals surface area (Å²) in [6.07, 6.45) is 5.18. The number of nitrogens with zero attached hydrogens (tertiary/aromatic N) is 1. The molecule has 4 amide bonds. The van der Waals surface area contributed by atoms with Crippen LogP contribution in [0.15, 0.2) is 41.8 Å². The van der Waals surface area contributed by atoms with E-state index in [1.54, 1.807) is 11.3 Å². The van der Waals surface area contributed by atoms with E-state index in [2.05, 4.69) is 36.6 Å². The summed E-state index contributed by atoms with van der Waals surface area (Å²) < 4.78 is 0. The van der Waals surface area contributed by atoms with Gasteiger partial charge in [-0.05, 0) is 60.6 Å². The van der Waals surface area contributed by atoms with Crippen molar-refractivity contribution in [2.75, 3.05) is 6.54 Å². The maximum Gasteiger partial charge on any atom is 0.325 e. The Kier molecular flexibility index (Phi) is 6.65. The Morgan fingerprint density at radius 1 is 1.22 bits per heavy atom. The molecule has 1 saturated carbocycles. The van der Waals surface area contributed by atoms with E-state index < -0.39 is 11.6 Å². The molecule has 4 rings (SSSR count). The standard InChI is InChI=1S/C25H31N3O3S/c1-3-5-18-7-9-19(10-8-18)22(20-6-4-15-32-20)26-21(29)16-28-23(30)25(27-24(28)31)13-11-17(2)12-14-25/h4,6-10,15,17,22H,3,5,11-14,16H2,1-2H3,(H,26,29)(H,27,31). The molecule has 1 aliphatic heterocycles. The van der Waals surface area contributed by atoms with Crippen LogP contribution < -0.4 is 10.6 Å². The molecule has 32 heavy (non-hydrogen) atoms. The van der Waals surface area contributed by atoms with Gasteiger partial charge in [0.15, 0.2) is 0 Å². The first-order chi connectivity index (χ1) is 15.4. The predicted octanol–water partition coefficient (Wildman–Crippen LogP) is 4.41. The number of thiophene rings is 1. The summed E-state index contributed by atoms with van der Waals surface area (Å²) in [7, 11) is 0. The van der Waals surface area contributed by atoms with Crippen LogP contribution in [0, 0.1) is 5.92 Å². The molecule has 0 radical (unpaired) electrons. The molecule has 2 N–H and O–H groups in total. The largest absolute Gasteiger partial charge is 0.343 e. The molecule has 1 spiro atoms. The summed E-state index contributed by atoms with van der Waals surface area (Å²) >= 11 is 1.57. The third-order valence-corrected chi connectivity index (χ3v) is 7.60. The number of amides is 4. The number of benzene rings is 1. The van der Waals surface area contributed by atoms with Crippen molar-refractivity contribution in [1.29, 1.82) is 0 Å². The molecule has 2 aromatic rings. The van der Waals surface area contributed by atoms with Gasteiger partial charge in [0.2, 0.25) is 5.91 Å². The molecule has 6 nitrogen and oxygen atoms in total. The molecule has 0 bridgehead atoms. The summed E-state index contributed by atoms with van der Waals surface area (Å²) in [5.74, 6) is -0.0511. The number of imide groups is 1. The van der Waals surface area contributed by atoms with Crippen molar-refractivity contribution in [3.63, 3.8) is 0 Å². The lowest BCUT2D eigenvalue weighted by atomic mass is 9.77. The SMILES string of the molecule is CCCc1ccc(C(NC(=O)CN2C(=O)NC3(CCC(C)CC3)C2=O)c2cccs2)cc1. The number of nitrogens with one attached hydrogen (secondary N) is 2. The normalized spacial score (nSPS) is 23.9. The quantitative estimate of drug-likeness (QED) is 0.610. The van der Waals surface area contributed by atoms with Gasteiger partial charge in [0.25, 0.3) is 5.91 Å². The van der Waals surface area contributed by atoms with Crippen LogP contribution in [0.4, 0.5) is 4.79 Å². The minimum absolute atomic E-state index is 0.263. The second-order valence-corrected chi connectivity index (χ2v) is 10.1. The Hall–Kier alpha value is -2.67. The van der Waals surface area contributed by atoms with Gasteiger partial charge in [0, 0.05) is 4.88 Å². The number of urea groups is 1. The number of carbonyl (C=O) groups is 3. The first-order valence-corrected chi connectivity index (χ1v) is 12.4. The second kappa shape index (κ2) is 9.45. The van der Waals surface area contributed by atoms with Crippen molar-refractivity contribution in [3.05, 3.63) is 57.8 Å². The molecule has 1 unspecified atom stereocenters. The van der Waals surface area contributed by atoms with Crippen LogP contribution in [0.3, 0.4) is 0 Å². The van der Waals surface area contributed by atoms with Crippen LogP contribution in [0.2, 0.25) is 0 Å². The first kappa shape index (κ1) is 22.5. The molecular weight excluding hydrogens is 422 g/mol. The Labute approximate surface area is 193 Å². The average Bonchev–Trinajstić information content (AvgIpc) is 3.39. The molecule has 170 valence electrons. The van der Waals surface area contributed by atoms with E-state index in [9.17, 15) is 14.4 Å². The number of hydrogen-bond donors (Lipinski definition) is 2. The fraction of sp³-hybridized carbons (Fsp3) is 0.480. The number of rotatable bonds is 7. The number of carbonyl (C=O) groups excluding carboxylic acids is 3. The van der Waals surface area contributed by atoms with E-state index in [-0.39, 0.29) is 24.4 Å². The van der Waals surface area contributed by atoms with Crippen molar-refractivity contribution in [3.8, 4) is 0 Å². The van der Waals surface area contributed by atoms with E-state index in [0.29, 0.717) is 18.8 Å². The van der Waals surface area contributed by atoms with Gasteiger partial charge in [0.05, 0.1) is 6.04 Å². The van der Waals surface area contributed by atoms with Gasteiger partial charge >= 0.3 is 6.03 Å². The molecule has 1 atom stereocenters. The van der Waals surface area contributed by atoms with Gasteiger partial charge in [-0.3, -0.25) is 14.5 Å². The molecule has 2 fully saturated rings. The topological polar surface area (TPSA) is 78.5 Å². The lowest BCUT2D eigenvalue weighted by molar-refractivity contribution is -0.136. The third-order valence-electron chi connectivity index (χ3n) is 6.66. The van der Waals surface area contributed by atoms with Crippen LogP contribution in [0.5, 0.6) is 0 Å². The molecule has 2 heterocycles. The fourth-order valence-electron chi connectivity index (χ4n) is 4.70. The lowest BCUT2D eigenvalue weighted by Gasteiger charge is -2.33. The van der Waals surface area contributed by atoms with Crippen molar-refractivity contribution < 1.29 is 14.4 Å². The minimum atomic E-state index is -0.827. The summed E-state index contributed by atoms with van der Waals surface area (Å²) in [6.45, 7) is 4.05. The van der Waals surface area contributed by atoms with Crippen LogP contribution in [-0.4, -0.2) is 34.8 Å². The van der Waals surface area contributed by atoms with Crippen LogP contribution in [-0.2, 0) is 16.0 Å². The maximum atomic E-state index is 13.1. The smallest absolute Gasteiger partial charge is 0.325 e. The highest BCUT2D eigenvalue weighted by Crippen LogP contribution is 2.36. The average molecular weight is 454 g/mol. The van der Waals surface area contributed by atoms with E-state index in [0.717, 1.165) is 41.0 Å². The van der Waals surface area contributed by atoms with Gasteiger partial charge in [-0.2, -0.15) is 0 Å². The molecule has 1 aromatic heterocycles. The number of hydrogen-bond acceptors (Lipinski definition) is 4. The monoisotopic (exact) mass is 453 g/mol. The van der Waals surface area contributed by atoms with Crippen molar-refractivity contribution in [2.45, 2.75) is 64.0 Å². The maximum absolute atomic E-state index is 13.1. The van der Waals surface area contributed by atoms with Gasteiger partial charge in [-0.25, -0.2) is 4.79 Å². The highest BCUT2D eigenvalue weighted by molar-refractivity contribution is 7.10. The van der Waals surface area contributed by atoms with Crippen LogP contribution in [0.1, 0.15) is 68.0 Å². The Morgan fingerprint density at radius 3 is 2.56 bits per heavy atom. The predicted molar refractivity (Wildman–Crippen MR) is 125 cm³/mol. The van der Waals surface area contributed by atoms with Crippen molar-refractivity contribution in [1.82, 2.24) is 15.5 Å². The van der Waals surface area contributed by atoms with Crippen LogP contribution >= 0.6 is 11.3 Å². The van der Waals surface area contributed by atoms with E-state index in [1.807, 2.05) is 29.6 Å². The first-order valence-electron chi connectivity index (χ1n) is 11.5. The highest BCUT2D eigenvalue weighted by Gasteiger charge is 2.52. The molecule has 2 aliphatic rings. The Balaban J connectivity index is 1.47. The summed E-state index contributed by atoms with van der Waals surface area (Å²) in [5.41, 5.74) is 1.42. The number of aryl methyl sites for hydroxylation is 1. The fourth-order valence-corrected chi connectivity index (χ4v) is 5.51. The van der Waals surface area contributed by atoms with E-state index in [1.165, 1.54) is 5.56 Å². The summed E-state index contributed by atoms with van der Waals surface area (Å²) in [5, 5.41) is 7.91. The zero-order valence-electron chi connectivity index (χ0n) is 18.7. The van der Waals surface area contributed by atoms with Gasteiger partial charge in [-0.15, -0.1) is 11.3 Å². The Morgan fingerprint density at radius 2 is 1.94 bits per heavy atom. The van der Waals surface area contributed by atoms with E-state index in [4.69, 9.17) is 0 Å². The minimum Gasteiger partial charge on any atom is -0.343 e. The van der Waals surface area contributed by atoms with E-state index >= 15 is 0 Å².